The fourth-order valence-corrected chi connectivity index (χ4v) is 4.60. The van der Waals surface area contributed by atoms with E-state index in [4.69, 9.17) is 4.74 Å². The molecule has 2 aromatic rings. The topological polar surface area (TPSA) is 49.8 Å². The van der Waals surface area contributed by atoms with E-state index < -0.39 is 0 Å². The summed E-state index contributed by atoms with van der Waals surface area (Å²) in [5.74, 6) is 1.22. The zero-order valence-electron chi connectivity index (χ0n) is 13.5. The van der Waals surface area contributed by atoms with Gasteiger partial charge in [0.15, 0.2) is 0 Å². The van der Waals surface area contributed by atoms with Crippen molar-refractivity contribution in [2.45, 2.75) is 12.8 Å². The number of nitrogens with zero attached hydrogens (tertiary/aromatic N) is 1. The summed E-state index contributed by atoms with van der Waals surface area (Å²) in [5, 5.41) is 14.2. The second-order valence-corrected chi connectivity index (χ2v) is 7.68. The van der Waals surface area contributed by atoms with Gasteiger partial charge in [0.05, 0.1) is 19.6 Å². The molecular weight excluding hydrogens is 322 g/mol. The zero-order chi connectivity index (χ0) is 16.6. The van der Waals surface area contributed by atoms with Crippen molar-refractivity contribution in [3.63, 3.8) is 0 Å². The van der Waals surface area contributed by atoms with Gasteiger partial charge in [-0.2, -0.15) is 11.3 Å². The second-order valence-electron chi connectivity index (χ2n) is 6.90. The maximum absolute atomic E-state index is 12.7. The van der Waals surface area contributed by atoms with Crippen LogP contribution in [0.4, 0.5) is 0 Å². The standard InChI is InChI=1S/C19H21NO3S/c21-13-19-8-15-3-1-2-4-17(15)23-10-16(19)9-20(12-19)18(22)7-14-5-6-24-11-14/h1-6,11,16,21H,7-10,12-13H2. The van der Waals surface area contributed by atoms with E-state index in [9.17, 15) is 9.90 Å². The molecule has 5 heteroatoms. The summed E-state index contributed by atoms with van der Waals surface area (Å²) in [7, 11) is 0. The molecule has 2 unspecified atom stereocenters. The van der Waals surface area contributed by atoms with Crippen LogP contribution in [0.25, 0.3) is 0 Å². The molecule has 0 bridgehead atoms. The minimum Gasteiger partial charge on any atom is -0.493 e. The Morgan fingerprint density at radius 3 is 3.04 bits per heavy atom. The van der Waals surface area contributed by atoms with Crippen molar-refractivity contribution in [3.8, 4) is 5.75 Å². The summed E-state index contributed by atoms with van der Waals surface area (Å²) in [4.78, 5) is 14.6. The number of ether oxygens (including phenoxy) is 1. The van der Waals surface area contributed by atoms with Crippen molar-refractivity contribution < 1.29 is 14.6 Å². The zero-order valence-corrected chi connectivity index (χ0v) is 14.3. The fraction of sp³-hybridized carbons (Fsp3) is 0.421. The summed E-state index contributed by atoms with van der Waals surface area (Å²) < 4.78 is 5.98. The lowest BCUT2D eigenvalue weighted by molar-refractivity contribution is -0.130. The number of aliphatic hydroxyl groups excluding tert-OH is 1. The van der Waals surface area contributed by atoms with Crippen molar-refractivity contribution in [2.24, 2.45) is 11.3 Å². The number of para-hydroxylation sites is 1. The fourth-order valence-electron chi connectivity index (χ4n) is 3.93. The lowest BCUT2D eigenvalue weighted by atomic mass is 9.75. The number of hydrogen-bond donors (Lipinski definition) is 1. The van der Waals surface area contributed by atoms with Crippen molar-refractivity contribution >= 4 is 17.2 Å². The van der Waals surface area contributed by atoms with E-state index in [0.717, 1.165) is 23.3 Å². The van der Waals surface area contributed by atoms with E-state index in [1.54, 1.807) is 11.3 Å². The molecule has 2 aliphatic rings. The molecule has 3 heterocycles. The Morgan fingerprint density at radius 2 is 2.25 bits per heavy atom. The second kappa shape index (κ2) is 6.22. The van der Waals surface area contributed by atoms with E-state index in [0.29, 0.717) is 26.1 Å². The number of carbonyl (C=O) groups excluding carboxylic acids is 1. The summed E-state index contributed by atoms with van der Waals surface area (Å²) in [6, 6.07) is 10.0. The van der Waals surface area contributed by atoms with Gasteiger partial charge in [0, 0.05) is 24.4 Å². The summed E-state index contributed by atoms with van der Waals surface area (Å²) >= 11 is 1.61. The molecule has 2 aliphatic heterocycles. The Bertz CT molecular complexity index is 730. The summed E-state index contributed by atoms with van der Waals surface area (Å²) in [5.41, 5.74) is 1.90. The minimum absolute atomic E-state index is 0.0809. The first-order valence-electron chi connectivity index (χ1n) is 8.31. The van der Waals surface area contributed by atoms with Crippen molar-refractivity contribution in [2.75, 3.05) is 26.3 Å². The normalized spacial score (nSPS) is 25.5. The molecule has 0 radical (unpaired) electrons. The monoisotopic (exact) mass is 343 g/mol. The molecule has 4 nitrogen and oxygen atoms in total. The Kier molecular flexibility index (Phi) is 4.06. The van der Waals surface area contributed by atoms with Gasteiger partial charge < -0.3 is 14.7 Å². The molecule has 0 spiro atoms. The first-order chi connectivity index (χ1) is 11.7. The molecule has 2 atom stereocenters. The van der Waals surface area contributed by atoms with Crippen LogP contribution in [0, 0.1) is 11.3 Å². The minimum atomic E-state index is -0.295. The average Bonchev–Trinajstić information content (AvgIpc) is 3.20. The van der Waals surface area contributed by atoms with Crippen LogP contribution in [0.1, 0.15) is 11.1 Å². The van der Waals surface area contributed by atoms with Gasteiger partial charge in [-0.3, -0.25) is 4.79 Å². The number of thiophene rings is 1. The predicted octanol–water partition coefficient (Wildman–Crippen LogP) is 2.36. The number of fused-ring (bicyclic) bond motifs is 2. The molecule has 1 N–H and O–H groups in total. The Balaban J connectivity index is 1.55. The largest absolute Gasteiger partial charge is 0.493 e. The molecule has 4 rings (SSSR count). The van der Waals surface area contributed by atoms with Gasteiger partial charge in [-0.15, -0.1) is 0 Å². The van der Waals surface area contributed by atoms with Crippen LogP contribution in [-0.2, 0) is 17.6 Å². The van der Waals surface area contributed by atoms with Gasteiger partial charge in [-0.1, -0.05) is 18.2 Å². The summed E-state index contributed by atoms with van der Waals surface area (Å²) in [6.45, 7) is 1.91. The van der Waals surface area contributed by atoms with E-state index in [-0.39, 0.29) is 23.8 Å². The van der Waals surface area contributed by atoms with Crippen molar-refractivity contribution in [3.05, 3.63) is 52.2 Å². The lowest BCUT2D eigenvalue weighted by Gasteiger charge is -2.30. The molecule has 1 amide bonds. The van der Waals surface area contributed by atoms with E-state index in [1.807, 2.05) is 39.9 Å². The molecule has 1 aromatic carbocycles. The van der Waals surface area contributed by atoms with Crippen LogP contribution in [0.5, 0.6) is 5.75 Å². The van der Waals surface area contributed by atoms with E-state index in [1.165, 1.54) is 0 Å². The molecule has 1 aromatic heterocycles. The van der Waals surface area contributed by atoms with Crippen LogP contribution in [0.15, 0.2) is 41.1 Å². The number of rotatable bonds is 3. The summed E-state index contributed by atoms with van der Waals surface area (Å²) in [6.07, 6.45) is 1.20. The van der Waals surface area contributed by atoms with E-state index in [2.05, 4.69) is 6.07 Å². The maximum Gasteiger partial charge on any atom is 0.227 e. The number of benzene rings is 1. The molecule has 0 saturated carbocycles. The Morgan fingerprint density at radius 1 is 1.38 bits per heavy atom. The number of aliphatic hydroxyl groups is 1. The SMILES string of the molecule is O=C(Cc1ccsc1)N1CC2COc3ccccc3CC2(CO)C1. The smallest absolute Gasteiger partial charge is 0.227 e. The van der Waals surface area contributed by atoms with Crippen LogP contribution in [-0.4, -0.2) is 42.2 Å². The van der Waals surface area contributed by atoms with E-state index >= 15 is 0 Å². The first kappa shape index (κ1) is 15.7. The lowest BCUT2D eigenvalue weighted by Crippen LogP contribution is -2.38. The quantitative estimate of drug-likeness (QED) is 0.931. The van der Waals surface area contributed by atoms with Gasteiger partial charge in [0.1, 0.15) is 5.75 Å². The molecular formula is C19H21NO3S. The molecule has 126 valence electrons. The number of carbonyl (C=O) groups is 1. The average molecular weight is 343 g/mol. The number of amides is 1. The van der Waals surface area contributed by atoms with Gasteiger partial charge in [0.2, 0.25) is 5.91 Å². The van der Waals surface area contributed by atoms with Crippen LogP contribution in [0.2, 0.25) is 0 Å². The third-order valence-electron chi connectivity index (χ3n) is 5.37. The van der Waals surface area contributed by atoms with Gasteiger partial charge in [-0.05, 0) is 40.4 Å². The van der Waals surface area contributed by atoms with Crippen LogP contribution < -0.4 is 4.74 Å². The highest BCUT2D eigenvalue weighted by Crippen LogP contribution is 2.43. The molecule has 0 aliphatic carbocycles. The highest BCUT2D eigenvalue weighted by molar-refractivity contribution is 7.08. The molecule has 1 saturated heterocycles. The molecule has 24 heavy (non-hydrogen) atoms. The van der Waals surface area contributed by atoms with Gasteiger partial charge in [0.25, 0.3) is 0 Å². The van der Waals surface area contributed by atoms with Gasteiger partial charge in [-0.25, -0.2) is 0 Å². The maximum atomic E-state index is 12.7. The third kappa shape index (κ3) is 2.72. The number of hydrogen-bond acceptors (Lipinski definition) is 4. The predicted molar refractivity (Wildman–Crippen MR) is 93.3 cm³/mol. The first-order valence-corrected chi connectivity index (χ1v) is 9.25. The Hall–Kier alpha value is -1.85. The molecule has 1 fully saturated rings. The van der Waals surface area contributed by atoms with Crippen LogP contribution >= 0.6 is 11.3 Å². The third-order valence-corrected chi connectivity index (χ3v) is 6.10. The Labute approximate surface area is 145 Å². The highest BCUT2D eigenvalue weighted by atomic mass is 32.1. The van der Waals surface area contributed by atoms with Crippen molar-refractivity contribution in [1.82, 2.24) is 4.90 Å². The van der Waals surface area contributed by atoms with Gasteiger partial charge >= 0.3 is 0 Å². The highest BCUT2D eigenvalue weighted by Gasteiger charge is 2.49. The number of likely N-dealkylation sites (tertiary alicyclic amines) is 1. The van der Waals surface area contributed by atoms with Crippen molar-refractivity contribution in [1.29, 1.82) is 0 Å². The van der Waals surface area contributed by atoms with Crippen LogP contribution in [0.3, 0.4) is 0 Å².